The Balaban J connectivity index is 2.76. The molecule has 1 aromatic rings. The Hall–Kier alpha value is -1.43. The van der Waals surface area contributed by atoms with Crippen LogP contribution in [0.25, 0.3) is 0 Å². The summed E-state index contributed by atoms with van der Waals surface area (Å²) in [5.74, 6) is 0.687. The third-order valence-electron chi connectivity index (χ3n) is 2.20. The molecule has 2 atom stereocenters. The number of hydrogen-bond acceptors (Lipinski definition) is 3. The van der Waals surface area contributed by atoms with Crippen LogP contribution in [0.2, 0.25) is 0 Å². The highest BCUT2D eigenvalue weighted by atomic mass is 19.4. The number of halogens is 3. The van der Waals surface area contributed by atoms with E-state index in [9.17, 15) is 13.2 Å². The Morgan fingerprint density at radius 1 is 1.17 bits per heavy atom. The van der Waals surface area contributed by atoms with Crippen LogP contribution in [0, 0.1) is 0 Å². The first-order valence-corrected chi connectivity index (χ1v) is 5.56. The first kappa shape index (κ1) is 14.6. The smallest absolute Gasteiger partial charge is 0.426 e. The van der Waals surface area contributed by atoms with Crippen molar-refractivity contribution in [2.45, 2.75) is 32.2 Å². The van der Waals surface area contributed by atoms with Crippen molar-refractivity contribution in [2.24, 2.45) is 5.73 Å². The normalized spacial score (nSPS) is 15.0. The fourth-order valence-corrected chi connectivity index (χ4v) is 1.40. The molecule has 0 heterocycles. The predicted octanol–water partition coefficient (Wildman–Crippen LogP) is 2.74. The SMILES string of the molecule is CCOc1ccc(OC(C(C)N)C(F)(F)F)cc1. The van der Waals surface area contributed by atoms with E-state index < -0.39 is 18.3 Å². The lowest BCUT2D eigenvalue weighted by Crippen LogP contribution is -2.47. The molecule has 0 saturated carbocycles. The zero-order valence-corrected chi connectivity index (χ0v) is 10.2. The van der Waals surface area contributed by atoms with Crippen LogP contribution in [0.1, 0.15) is 13.8 Å². The minimum absolute atomic E-state index is 0.109. The molecule has 18 heavy (non-hydrogen) atoms. The quantitative estimate of drug-likeness (QED) is 0.888. The Morgan fingerprint density at radius 2 is 1.67 bits per heavy atom. The number of benzene rings is 1. The van der Waals surface area contributed by atoms with Crippen molar-refractivity contribution in [3.05, 3.63) is 24.3 Å². The van der Waals surface area contributed by atoms with Crippen LogP contribution in [-0.4, -0.2) is 24.9 Å². The summed E-state index contributed by atoms with van der Waals surface area (Å²) >= 11 is 0. The van der Waals surface area contributed by atoms with E-state index >= 15 is 0 Å². The first-order valence-electron chi connectivity index (χ1n) is 5.56. The predicted molar refractivity (Wildman–Crippen MR) is 61.7 cm³/mol. The molecule has 0 aromatic heterocycles. The lowest BCUT2D eigenvalue weighted by Gasteiger charge is -2.24. The van der Waals surface area contributed by atoms with Gasteiger partial charge in [0.15, 0.2) is 0 Å². The van der Waals surface area contributed by atoms with Crippen molar-refractivity contribution >= 4 is 0 Å². The molecule has 0 spiro atoms. The zero-order chi connectivity index (χ0) is 13.8. The van der Waals surface area contributed by atoms with Gasteiger partial charge in [-0.15, -0.1) is 0 Å². The van der Waals surface area contributed by atoms with Crippen LogP contribution < -0.4 is 15.2 Å². The second-order valence-electron chi connectivity index (χ2n) is 3.84. The third kappa shape index (κ3) is 4.10. The molecule has 2 unspecified atom stereocenters. The monoisotopic (exact) mass is 263 g/mol. The summed E-state index contributed by atoms with van der Waals surface area (Å²) in [5.41, 5.74) is 5.28. The first-order chi connectivity index (χ1) is 8.34. The van der Waals surface area contributed by atoms with Gasteiger partial charge in [-0.3, -0.25) is 0 Å². The van der Waals surface area contributed by atoms with Gasteiger partial charge in [0.1, 0.15) is 11.5 Å². The molecule has 0 amide bonds. The van der Waals surface area contributed by atoms with Crippen LogP contribution in [0.5, 0.6) is 11.5 Å². The molecule has 0 saturated heterocycles. The van der Waals surface area contributed by atoms with Gasteiger partial charge in [0.05, 0.1) is 6.61 Å². The Kier molecular flexibility index (Phi) is 4.84. The van der Waals surface area contributed by atoms with Gasteiger partial charge >= 0.3 is 6.18 Å². The summed E-state index contributed by atoms with van der Waals surface area (Å²) in [5, 5.41) is 0. The highest BCUT2D eigenvalue weighted by Gasteiger charge is 2.44. The van der Waals surface area contributed by atoms with Crippen molar-refractivity contribution in [1.82, 2.24) is 0 Å². The minimum Gasteiger partial charge on any atom is -0.494 e. The number of rotatable bonds is 5. The number of alkyl halides is 3. The van der Waals surface area contributed by atoms with Crippen LogP contribution in [-0.2, 0) is 0 Å². The van der Waals surface area contributed by atoms with E-state index in [0.717, 1.165) is 0 Å². The maximum atomic E-state index is 12.6. The van der Waals surface area contributed by atoms with Gasteiger partial charge in [-0.1, -0.05) is 0 Å². The van der Waals surface area contributed by atoms with E-state index in [2.05, 4.69) is 0 Å². The second kappa shape index (κ2) is 5.95. The molecule has 0 bridgehead atoms. The lowest BCUT2D eigenvalue weighted by atomic mass is 10.2. The minimum atomic E-state index is -4.49. The molecular weight excluding hydrogens is 247 g/mol. The Bertz CT molecular complexity index is 363. The van der Waals surface area contributed by atoms with Crippen LogP contribution in [0.15, 0.2) is 24.3 Å². The average molecular weight is 263 g/mol. The fraction of sp³-hybridized carbons (Fsp3) is 0.500. The summed E-state index contributed by atoms with van der Waals surface area (Å²) in [6, 6.07) is 4.80. The molecule has 0 aliphatic rings. The van der Waals surface area contributed by atoms with Crippen LogP contribution in [0.4, 0.5) is 13.2 Å². The number of hydrogen-bond donors (Lipinski definition) is 1. The molecule has 0 radical (unpaired) electrons. The molecule has 6 heteroatoms. The van der Waals surface area contributed by atoms with Gasteiger partial charge in [-0.2, -0.15) is 13.2 Å². The molecule has 1 aromatic carbocycles. The van der Waals surface area contributed by atoms with Crippen molar-refractivity contribution in [3.8, 4) is 11.5 Å². The van der Waals surface area contributed by atoms with Crippen molar-refractivity contribution in [3.63, 3.8) is 0 Å². The van der Waals surface area contributed by atoms with Gasteiger partial charge < -0.3 is 15.2 Å². The van der Waals surface area contributed by atoms with E-state index in [1.54, 1.807) is 12.1 Å². The van der Waals surface area contributed by atoms with Gasteiger partial charge in [-0.25, -0.2) is 0 Å². The summed E-state index contributed by atoms with van der Waals surface area (Å²) in [4.78, 5) is 0. The standard InChI is InChI=1S/C12H16F3NO2/c1-3-17-9-4-6-10(7-5-9)18-11(8(2)16)12(13,14)15/h4-8,11H,3,16H2,1-2H3. The molecule has 2 N–H and O–H groups in total. The molecule has 102 valence electrons. The fourth-order valence-electron chi connectivity index (χ4n) is 1.40. The van der Waals surface area contributed by atoms with Crippen molar-refractivity contribution < 1.29 is 22.6 Å². The Labute approximate surface area is 104 Å². The maximum absolute atomic E-state index is 12.6. The van der Waals surface area contributed by atoms with Gasteiger partial charge in [-0.05, 0) is 38.1 Å². The van der Waals surface area contributed by atoms with Crippen LogP contribution in [0.3, 0.4) is 0 Å². The summed E-state index contributed by atoms with van der Waals surface area (Å²) in [6.07, 6.45) is -6.51. The topological polar surface area (TPSA) is 44.5 Å². The Morgan fingerprint density at radius 3 is 2.06 bits per heavy atom. The lowest BCUT2D eigenvalue weighted by molar-refractivity contribution is -0.199. The van der Waals surface area contributed by atoms with E-state index in [0.29, 0.717) is 12.4 Å². The molecule has 1 rings (SSSR count). The van der Waals surface area contributed by atoms with Gasteiger partial charge in [0.25, 0.3) is 0 Å². The maximum Gasteiger partial charge on any atom is 0.426 e. The van der Waals surface area contributed by atoms with Crippen LogP contribution >= 0.6 is 0 Å². The van der Waals surface area contributed by atoms with E-state index in [-0.39, 0.29) is 5.75 Å². The summed E-state index contributed by atoms with van der Waals surface area (Å²) in [7, 11) is 0. The summed E-state index contributed by atoms with van der Waals surface area (Å²) < 4.78 is 47.9. The van der Waals surface area contributed by atoms with E-state index in [1.807, 2.05) is 6.92 Å². The highest BCUT2D eigenvalue weighted by Crippen LogP contribution is 2.27. The van der Waals surface area contributed by atoms with Crippen molar-refractivity contribution in [1.29, 1.82) is 0 Å². The number of nitrogens with two attached hydrogens (primary N) is 1. The molecule has 3 nitrogen and oxygen atoms in total. The second-order valence-corrected chi connectivity index (χ2v) is 3.84. The van der Waals surface area contributed by atoms with E-state index in [4.69, 9.17) is 15.2 Å². The highest BCUT2D eigenvalue weighted by molar-refractivity contribution is 5.31. The average Bonchev–Trinajstić information content (AvgIpc) is 2.26. The molecule has 0 aliphatic carbocycles. The van der Waals surface area contributed by atoms with Gasteiger partial charge in [0, 0.05) is 6.04 Å². The third-order valence-corrected chi connectivity index (χ3v) is 2.20. The molecule has 0 aliphatic heterocycles. The van der Waals surface area contributed by atoms with Crippen molar-refractivity contribution in [2.75, 3.05) is 6.61 Å². The van der Waals surface area contributed by atoms with Gasteiger partial charge in [0.2, 0.25) is 6.10 Å². The largest absolute Gasteiger partial charge is 0.494 e. The zero-order valence-electron chi connectivity index (χ0n) is 10.2. The summed E-state index contributed by atoms with van der Waals surface area (Å²) in [6.45, 7) is 3.57. The molecular formula is C12H16F3NO2. The molecule has 0 fully saturated rings. The van der Waals surface area contributed by atoms with E-state index in [1.165, 1.54) is 19.1 Å². The number of ether oxygens (including phenoxy) is 2.